The highest BCUT2D eigenvalue weighted by atomic mass is 16.6. The molecule has 4 aliphatic rings. The maximum atomic E-state index is 11.9. The van der Waals surface area contributed by atoms with E-state index in [1.165, 1.54) is 0 Å². The molecule has 0 unspecified atom stereocenters. The fourth-order valence-corrected chi connectivity index (χ4v) is 4.82. The number of epoxide rings is 1. The van der Waals surface area contributed by atoms with Crippen LogP contribution in [-0.2, 0) is 14.3 Å². The first kappa shape index (κ1) is 11.9. The summed E-state index contributed by atoms with van der Waals surface area (Å²) in [5, 5.41) is 10.4. The molecule has 7 atom stereocenters. The number of aliphatic hydroxyl groups is 1. The van der Waals surface area contributed by atoms with Gasteiger partial charge in [-0.05, 0) is 26.7 Å². The molecule has 104 valence electrons. The van der Waals surface area contributed by atoms with E-state index in [4.69, 9.17) is 9.47 Å². The Hall–Kier alpha value is -0.870. The number of carbonyl (C=O) groups is 1. The normalized spacial score (nSPS) is 58.6. The van der Waals surface area contributed by atoms with Crippen LogP contribution in [0.5, 0.6) is 0 Å². The van der Waals surface area contributed by atoms with E-state index in [9.17, 15) is 9.90 Å². The van der Waals surface area contributed by atoms with Gasteiger partial charge in [0.1, 0.15) is 17.8 Å². The number of rotatable bonds is 0. The van der Waals surface area contributed by atoms with E-state index in [1.807, 2.05) is 19.9 Å². The molecular formula is C15H20O4. The van der Waals surface area contributed by atoms with Crippen LogP contribution in [0.2, 0.25) is 0 Å². The first-order valence-corrected chi connectivity index (χ1v) is 7.18. The minimum atomic E-state index is -0.573. The van der Waals surface area contributed by atoms with Crippen LogP contribution in [-0.4, -0.2) is 34.5 Å². The van der Waals surface area contributed by atoms with Crippen molar-refractivity contribution in [1.29, 1.82) is 0 Å². The molecule has 1 saturated carbocycles. The summed E-state index contributed by atoms with van der Waals surface area (Å²) in [6.07, 6.45) is 3.02. The largest absolute Gasteiger partial charge is 0.461 e. The predicted octanol–water partition coefficient (Wildman–Crippen LogP) is 1.42. The van der Waals surface area contributed by atoms with Crippen LogP contribution in [0.3, 0.4) is 0 Å². The standard InChI is InChI=1S/C15H20O4/c1-7-6-10(16)15-11(7)12-9(8(2)13(17)18-12)4-5-14(15,3)19-15/h6,8-12,16H,4-5H2,1-3H3/t8-,9-,10+,11+,12-,14+,15-/m0/s1. The summed E-state index contributed by atoms with van der Waals surface area (Å²) in [6, 6.07) is 0. The van der Waals surface area contributed by atoms with E-state index in [1.54, 1.807) is 0 Å². The van der Waals surface area contributed by atoms with Crippen molar-refractivity contribution in [2.24, 2.45) is 17.8 Å². The van der Waals surface area contributed by atoms with Crippen LogP contribution in [0.15, 0.2) is 11.6 Å². The molecule has 0 aromatic carbocycles. The van der Waals surface area contributed by atoms with Gasteiger partial charge in [-0.15, -0.1) is 0 Å². The smallest absolute Gasteiger partial charge is 0.309 e. The zero-order chi connectivity index (χ0) is 13.6. The third kappa shape index (κ3) is 1.16. The molecule has 0 aromatic heterocycles. The number of hydrogen-bond donors (Lipinski definition) is 1. The number of ether oxygens (including phenoxy) is 2. The van der Waals surface area contributed by atoms with Gasteiger partial charge < -0.3 is 14.6 Å². The summed E-state index contributed by atoms with van der Waals surface area (Å²) in [6.45, 7) is 6.07. The van der Waals surface area contributed by atoms with Gasteiger partial charge in [-0.3, -0.25) is 4.79 Å². The SMILES string of the molecule is CC1=C[C@@H](O)[C@@]23O[C@]2(C)CC[C@@H]2[C@H](OC(=O)[C@H]2C)[C@@H]13. The first-order chi connectivity index (χ1) is 8.91. The molecule has 1 spiro atoms. The third-order valence-electron chi connectivity index (χ3n) is 5.96. The minimum Gasteiger partial charge on any atom is -0.461 e. The van der Waals surface area contributed by atoms with E-state index < -0.39 is 11.7 Å². The van der Waals surface area contributed by atoms with Crippen LogP contribution >= 0.6 is 0 Å². The molecule has 2 saturated heterocycles. The second-order valence-corrected chi connectivity index (χ2v) is 6.85. The number of carbonyl (C=O) groups excluding carboxylic acids is 1. The maximum Gasteiger partial charge on any atom is 0.309 e. The van der Waals surface area contributed by atoms with Crippen molar-refractivity contribution in [3.05, 3.63) is 11.6 Å². The molecule has 0 amide bonds. The lowest BCUT2D eigenvalue weighted by Gasteiger charge is -2.28. The first-order valence-electron chi connectivity index (χ1n) is 7.18. The van der Waals surface area contributed by atoms with Gasteiger partial charge in [-0.25, -0.2) is 0 Å². The van der Waals surface area contributed by atoms with E-state index in [2.05, 4.69) is 6.92 Å². The van der Waals surface area contributed by atoms with Crippen LogP contribution in [0, 0.1) is 17.8 Å². The van der Waals surface area contributed by atoms with Gasteiger partial charge in [0.15, 0.2) is 0 Å². The summed E-state index contributed by atoms with van der Waals surface area (Å²) in [5.74, 6) is 0.155. The van der Waals surface area contributed by atoms with Gasteiger partial charge in [0.25, 0.3) is 0 Å². The summed E-state index contributed by atoms with van der Waals surface area (Å²) in [4.78, 5) is 11.9. The second-order valence-electron chi connectivity index (χ2n) is 6.85. The summed E-state index contributed by atoms with van der Waals surface area (Å²) < 4.78 is 11.7. The Kier molecular flexibility index (Phi) is 2.03. The van der Waals surface area contributed by atoms with Crippen molar-refractivity contribution in [3.8, 4) is 0 Å². The van der Waals surface area contributed by atoms with Crippen molar-refractivity contribution in [3.63, 3.8) is 0 Å². The lowest BCUT2D eigenvalue weighted by atomic mass is 9.77. The average molecular weight is 264 g/mol. The molecule has 0 aromatic rings. The molecule has 2 aliphatic carbocycles. The predicted molar refractivity (Wildman–Crippen MR) is 67.2 cm³/mol. The molecule has 4 heteroatoms. The molecule has 4 nitrogen and oxygen atoms in total. The molecule has 2 heterocycles. The number of fused-ring (bicyclic) bond motifs is 2. The molecule has 1 N–H and O–H groups in total. The van der Waals surface area contributed by atoms with Gasteiger partial charge in [-0.1, -0.05) is 18.6 Å². The number of hydrogen-bond acceptors (Lipinski definition) is 4. The second kappa shape index (κ2) is 3.23. The van der Waals surface area contributed by atoms with Crippen molar-refractivity contribution in [2.75, 3.05) is 0 Å². The highest BCUT2D eigenvalue weighted by Crippen LogP contribution is 2.67. The van der Waals surface area contributed by atoms with Gasteiger partial charge in [-0.2, -0.15) is 0 Å². The van der Waals surface area contributed by atoms with E-state index in [0.717, 1.165) is 18.4 Å². The van der Waals surface area contributed by atoms with Crippen LogP contribution in [0.25, 0.3) is 0 Å². The van der Waals surface area contributed by atoms with Crippen molar-refractivity contribution < 1.29 is 19.4 Å². The summed E-state index contributed by atoms with van der Waals surface area (Å²) in [5.41, 5.74) is 0.304. The van der Waals surface area contributed by atoms with Crippen LogP contribution < -0.4 is 0 Å². The maximum absolute atomic E-state index is 11.9. The van der Waals surface area contributed by atoms with Crippen LogP contribution in [0.1, 0.15) is 33.6 Å². The zero-order valence-electron chi connectivity index (χ0n) is 11.6. The number of aliphatic hydroxyl groups excluding tert-OH is 1. The van der Waals surface area contributed by atoms with Crippen molar-refractivity contribution in [2.45, 2.75) is 57.0 Å². The average Bonchev–Trinajstić information content (AvgIpc) is 2.77. The Balaban J connectivity index is 1.81. The van der Waals surface area contributed by atoms with Gasteiger partial charge in [0.2, 0.25) is 0 Å². The van der Waals surface area contributed by atoms with Crippen LogP contribution in [0.4, 0.5) is 0 Å². The van der Waals surface area contributed by atoms with E-state index in [-0.39, 0.29) is 35.4 Å². The van der Waals surface area contributed by atoms with Gasteiger partial charge >= 0.3 is 5.97 Å². The third-order valence-corrected chi connectivity index (χ3v) is 5.96. The Morgan fingerprint density at radius 3 is 2.95 bits per heavy atom. The molecule has 19 heavy (non-hydrogen) atoms. The molecular weight excluding hydrogens is 244 g/mol. The van der Waals surface area contributed by atoms with Gasteiger partial charge in [0, 0.05) is 5.92 Å². The Labute approximate surface area is 112 Å². The molecule has 4 rings (SSSR count). The molecule has 3 fully saturated rings. The Morgan fingerprint density at radius 2 is 2.21 bits per heavy atom. The Morgan fingerprint density at radius 1 is 1.47 bits per heavy atom. The molecule has 0 bridgehead atoms. The summed E-state index contributed by atoms with van der Waals surface area (Å²) >= 11 is 0. The highest BCUT2D eigenvalue weighted by Gasteiger charge is 2.79. The fraction of sp³-hybridized carbons (Fsp3) is 0.800. The van der Waals surface area contributed by atoms with E-state index in [0.29, 0.717) is 0 Å². The van der Waals surface area contributed by atoms with Gasteiger partial charge in [0.05, 0.1) is 17.4 Å². The highest BCUT2D eigenvalue weighted by molar-refractivity contribution is 5.75. The molecule has 2 aliphatic heterocycles. The minimum absolute atomic E-state index is 0.0221. The fourth-order valence-electron chi connectivity index (χ4n) is 4.82. The van der Waals surface area contributed by atoms with Crippen molar-refractivity contribution >= 4 is 5.97 Å². The lowest BCUT2D eigenvalue weighted by molar-refractivity contribution is -0.146. The topological polar surface area (TPSA) is 59.1 Å². The van der Waals surface area contributed by atoms with E-state index >= 15 is 0 Å². The van der Waals surface area contributed by atoms with Crippen molar-refractivity contribution in [1.82, 2.24) is 0 Å². The quantitative estimate of drug-likeness (QED) is 0.408. The summed E-state index contributed by atoms with van der Waals surface area (Å²) in [7, 11) is 0. The lowest BCUT2D eigenvalue weighted by Crippen LogP contribution is -2.43. The Bertz CT molecular complexity index is 498. The molecule has 0 radical (unpaired) electrons. The monoisotopic (exact) mass is 264 g/mol. The zero-order valence-corrected chi connectivity index (χ0v) is 11.6. The number of esters is 1.